The molecule has 1 aliphatic rings. The Morgan fingerprint density at radius 3 is 2.85 bits per heavy atom. The number of nitrogens with zero attached hydrogens (tertiary/aromatic N) is 2. The molecule has 0 saturated carbocycles. The molecule has 0 radical (unpaired) electrons. The highest BCUT2D eigenvalue weighted by molar-refractivity contribution is 5.23. The van der Waals surface area contributed by atoms with Gasteiger partial charge < -0.3 is 31.1 Å². The normalized spacial score (nSPS) is 33.5. The van der Waals surface area contributed by atoms with Gasteiger partial charge >= 0.3 is 5.69 Å². The highest BCUT2D eigenvalue weighted by Crippen LogP contribution is 2.36. The second-order valence-electron chi connectivity index (χ2n) is 4.74. The first-order valence-corrected chi connectivity index (χ1v) is 6.09. The van der Waals surface area contributed by atoms with Crippen molar-refractivity contribution >= 4 is 5.82 Å². The lowest BCUT2D eigenvalue weighted by Gasteiger charge is -2.29. The molecule has 9 nitrogen and oxygen atoms in total. The first-order valence-electron chi connectivity index (χ1n) is 6.09. The zero-order chi connectivity index (χ0) is 14.9. The van der Waals surface area contributed by atoms with E-state index in [0.29, 0.717) is 0 Å². The molecule has 112 valence electrons. The molecule has 4 atom stereocenters. The summed E-state index contributed by atoms with van der Waals surface area (Å²) in [4.78, 5) is 15.3. The van der Waals surface area contributed by atoms with E-state index in [2.05, 4.69) is 10.3 Å². The largest absolute Gasteiger partial charge is 0.393 e. The standard InChI is InChI=1S/C11H18N4O5/c1-13-4-11(5-16)8(18)7(17)9(20-11)15-3-2-6(12)14-10(15)19/h2-3,7-9,13,16-18H,4-5H2,1H3,(H2,12,14,19)/t7?,8?,9-,11-/m1/s1. The van der Waals surface area contributed by atoms with Crippen LogP contribution in [0.3, 0.4) is 0 Å². The van der Waals surface area contributed by atoms with Crippen molar-refractivity contribution in [1.82, 2.24) is 14.9 Å². The van der Waals surface area contributed by atoms with Gasteiger partial charge in [0.05, 0.1) is 6.61 Å². The van der Waals surface area contributed by atoms with Crippen LogP contribution in [-0.4, -0.2) is 62.9 Å². The maximum atomic E-state index is 11.8. The van der Waals surface area contributed by atoms with Crippen molar-refractivity contribution in [3.05, 3.63) is 22.7 Å². The molecule has 0 amide bonds. The Labute approximate surface area is 114 Å². The zero-order valence-electron chi connectivity index (χ0n) is 10.9. The maximum absolute atomic E-state index is 11.8. The van der Waals surface area contributed by atoms with E-state index >= 15 is 0 Å². The molecule has 1 aromatic rings. The molecule has 0 aromatic carbocycles. The van der Waals surface area contributed by atoms with Crippen LogP contribution >= 0.6 is 0 Å². The maximum Gasteiger partial charge on any atom is 0.351 e. The molecule has 2 heterocycles. The van der Waals surface area contributed by atoms with Crippen LogP contribution in [0.2, 0.25) is 0 Å². The predicted octanol–water partition coefficient (Wildman–Crippen LogP) is -2.97. The third kappa shape index (κ3) is 2.30. The van der Waals surface area contributed by atoms with Crippen LogP contribution in [0, 0.1) is 0 Å². The lowest BCUT2D eigenvalue weighted by Crippen LogP contribution is -2.52. The summed E-state index contributed by atoms with van der Waals surface area (Å²) >= 11 is 0. The fourth-order valence-electron chi connectivity index (χ4n) is 2.32. The molecule has 2 unspecified atom stereocenters. The molecule has 0 spiro atoms. The van der Waals surface area contributed by atoms with Gasteiger partial charge in [-0.15, -0.1) is 0 Å². The Balaban J connectivity index is 2.37. The number of nitrogen functional groups attached to an aromatic ring is 1. The van der Waals surface area contributed by atoms with E-state index in [9.17, 15) is 20.1 Å². The first-order chi connectivity index (χ1) is 9.45. The number of likely N-dealkylation sites (N-methyl/N-ethyl adjacent to an activating group) is 1. The van der Waals surface area contributed by atoms with Crippen molar-refractivity contribution in [2.24, 2.45) is 0 Å². The summed E-state index contributed by atoms with van der Waals surface area (Å²) in [5.41, 5.74) is 3.29. The number of rotatable bonds is 4. The minimum Gasteiger partial charge on any atom is -0.393 e. The van der Waals surface area contributed by atoms with Gasteiger partial charge in [-0.05, 0) is 13.1 Å². The van der Waals surface area contributed by atoms with Crippen molar-refractivity contribution in [3.8, 4) is 0 Å². The molecule has 6 N–H and O–H groups in total. The molecular formula is C11H18N4O5. The van der Waals surface area contributed by atoms with E-state index in [1.54, 1.807) is 7.05 Å². The van der Waals surface area contributed by atoms with Gasteiger partial charge in [0.2, 0.25) is 0 Å². The highest BCUT2D eigenvalue weighted by atomic mass is 16.6. The smallest absolute Gasteiger partial charge is 0.351 e. The van der Waals surface area contributed by atoms with E-state index in [1.807, 2.05) is 0 Å². The number of nitrogens with one attached hydrogen (secondary N) is 1. The number of aliphatic hydroxyl groups excluding tert-OH is 3. The average Bonchev–Trinajstić information content (AvgIpc) is 2.65. The van der Waals surface area contributed by atoms with E-state index in [4.69, 9.17) is 10.5 Å². The Morgan fingerprint density at radius 2 is 2.30 bits per heavy atom. The molecule has 1 saturated heterocycles. The SMILES string of the molecule is CNC[C@]1(CO)O[C@@H](n2ccc(N)nc2=O)C(O)C1O. The number of hydrogen-bond donors (Lipinski definition) is 5. The lowest BCUT2D eigenvalue weighted by atomic mass is 9.96. The highest BCUT2D eigenvalue weighted by Gasteiger charge is 2.54. The molecule has 1 fully saturated rings. The quantitative estimate of drug-likeness (QED) is 0.395. The summed E-state index contributed by atoms with van der Waals surface area (Å²) in [6, 6.07) is 1.38. The van der Waals surface area contributed by atoms with E-state index in [1.165, 1.54) is 12.3 Å². The van der Waals surface area contributed by atoms with Crippen LogP contribution in [0.5, 0.6) is 0 Å². The van der Waals surface area contributed by atoms with Gasteiger partial charge in [-0.3, -0.25) is 4.57 Å². The van der Waals surface area contributed by atoms with Gasteiger partial charge in [-0.2, -0.15) is 4.98 Å². The van der Waals surface area contributed by atoms with Gasteiger partial charge in [-0.25, -0.2) is 4.79 Å². The number of aromatic nitrogens is 2. The van der Waals surface area contributed by atoms with Crippen molar-refractivity contribution in [1.29, 1.82) is 0 Å². The number of aliphatic hydroxyl groups is 3. The minimum absolute atomic E-state index is 0.0444. The summed E-state index contributed by atoms with van der Waals surface area (Å²) in [7, 11) is 1.62. The monoisotopic (exact) mass is 286 g/mol. The average molecular weight is 286 g/mol. The molecule has 9 heteroatoms. The topological polar surface area (TPSA) is 143 Å². The molecule has 20 heavy (non-hydrogen) atoms. The molecular weight excluding hydrogens is 268 g/mol. The summed E-state index contributed by atoms with van der Waals surface area (Å²) in [6.45, 7) is -0.408. The van der Waals surface area contributed by atoms with E-state index < -0.39 is 36.3 Å². The summed E-state index contributed by atoms with van der Waals surface area (Å²) in [5.74, 6) is 0.0444. The number of nitrogens with two attached hydrogens (primary N) is 1. The molecule has 1 aliphatic heterocycles. The minimum atomic E-state index is -1.39. The van der Waals surface area contributed by atoms with Gasteiger partial charge in [0.1, 0.15) is 23.6 Å². The molecule has 0 aliphatic carbocycles. The Morgan fingerprint density at radius 1 is 1.60 bits per heavy atom. The Bertz CT molecular complexity index is 536. The van der Waals surface area contributed by atoms with Crippen LogP contribution < -0.4 is 16.7 Å². The molecule has 2 rings (SSSR count). The second-order valence-corrected chi connectivity index (χ2v) is 4.74. The zero-order valence-corrected chi connectivity index (χ0v) is 10.9. The van der Waals surface area contributed by atoms with Crippen LogP contribution in [0.15, 0.2) is 17.1 Å². The fraction of sp³-hybridized carbons (Fsp3) is 0.636. The van der Waals surface area contributed by atoms with Crippen LogP contribution in [0.25, 0.3) is 0 Å². The van der Waals surface area contributed by atoms with Gasteiger partial charge in [0.15, 0.2) is 6.23 Å². The lowest BCUT2D eigenvalue weighted by molar-refractivity contribution is -0.126. The van der Waals surface area contributed by atoms with Crippen molar-refractivity contribution < 1.29 is 20.1 Å². The van der Waals surface area contributed by atoms with Crippen molar-refractivity contribution in [2.45, 2.75) is 24.0 Å². The number of hydrogen-bond acceptors (Lipinski definition) is 8. The van der Waals surface area contributed by atoms with Crippen molar-refractivity contribution in [3.63, 3.8) is 0 Å². The van der Waals surface area contributed by atoms with E-state index in [-0.39, 0.29) is 12.4 Å². The summed E-state index contributed by atoms with van der Waals surface area (Å²) in [5, 5.41) is 32.4. The number of anilines is 1. The molecule has 1 aromatic heterocycles. The summed E-state index contributed by atoms with van der Waals surface area (Å²) in [6.07, 6.45) is -2.56. The van der Waals surface area contributed by atoms with Gasteiger partial charge in [0.25, 0.3) is 0 Å². The summed E-state index contributed by atoms with van der Waals surface area (Å²) < 4.78 is 6.56. The first kappa shape index (κ1) is 14.9. The Hall–Kier alpha value is -1.52. The van der Waals surface area contributed by atoms with Crippen LogP contribution in [0.4, 0.5) is 5.82 Å². The second kappa shape index (κ2) is 5.46. The van der Waals surface area contributed by atoms with E-state index in [0.717, 1.165) is 4.57 Å². The van der Waals surface area contributed by atoms with Crippen LogP contribution in [0.1, 0.15) is 6.23 Å². The molecule has 0 bridgehead atoms. The van der Waals surface area contributed by atoms with Gasteiger partial charge in [-0.1, -0.05) is 0 Å². The predicted molar refractivity (Wildman–Crippen MR) is 68.8 cm³/mol. The Kier molecular flexibility index (Phi) is 4.06. The van der Waals surface area contributed by atoms with Gasteiger partial charge in [0, 0.05) is 12.7 Å². The number of ether oxygens (including phenoxy) is 1. The third-order valence-corrected chi connectivity index (χ3v) is 3.38. The van der Waals surface area contributed by atoms with Crippen LogP contribution in [-0.2, 0) is 4.74 Å². The third-order valence-electron chi connectivity index (χ3n) is 3.38. The fourth-order valence-corrected chi connectivity index (χ4v) is 2.32. The van der Waals surface area contributed by atoms with Crippen molar-refractivity contribution in [2.75, 3.05) is 25.9 Å².